The van der Waals surface area contributed by atoms with Crippen molar-refractivity contribution in [1.82, 2.24) is 4.57 Å². The fourth-order valence-electron chi connectivity index (χ4n) is 5.33. The first kappa shape index (κ1) is 30.2. The summed E-state index contributed by atoms with van der Waals surface area (Å²) in [5.74, 6) is 0. The van der Waals surface area contributed by atoms with E-state index in [0.717, 1.165) is 32.9 Å². The Kier molecular flexibility index (Phi) is 6.96. The lowest BCUT2D eigenvalue weighted by molar-refractivity contribution is -0.143. The molecule has 0 saturated carbocycles. The van der Waals surface area contributed by atoms with E-state index in [1.165, 1.54) is 18.2 Å². The van der Waals surface area contributed by atoms with Crippen molar-refractivity contribution < 1.29 is 26.3 Å². The van der Waals surface area contributed by atoms with Crippen LogP contribution in [0.5, 0.6) is 0 Å². The summed E-state index contributed by atoms with van der Waals surface area (Å²) in [6, 6.07) is 20.1. The summed E-state index contributed by atoms with van der Waals surface area (Å²) in [5.41, 5.74) is 1.08. The molecule has 0 N–H and O–H groups in total. The molecule has 0 aliphatic heterocycles. The van der Waals surface area contributed by atoms with Crippen LogP contribution in [-0.2, 0) is 23.2 Å². The molecule has 1 heterocycles. The molecule has 0 spiro atoms. The van der Waals surface area contributed by atoms with Gasteiger partial charge in [-0.15, -0.1) is 0 Å². The van der Waals surface area contributed by atoms with Crippen LogP contribution < -0.4 is 0 Å². The Balaban J connectivity index is 1.85. The lowest BCUT2D eigenvalue weighted by Crippen LogP contribution is -2.11. The van der Waals surface area contributed by atoms with E-state index in [1.807, 2.05) is 28.8 Å². The Morgan fingerprint density at radius 3 is 1.40 bits per heavy atom. The van der Waals surface area contributed by atoms with Crippen molar-refractivity contribution in [2.75, 3.05) is 0 Å². The van der Waals surface area contributed by atoms with E-state index in [9.17, 15) is 31.6 Å². The lowest BCUT2D eigenvalue weighted by Gasteiger charge is -2.19. The Morgan fingerprint density at radius 1 is 0.535 bits per heavy atom. The Morgan fingerprint density at radius 2 is 1.00 bits per heavy atom. The number of nitriles is 1. The molecule has 0 atom stereocenters. The van der Waals surface area contributed by atoms with Crippen molar-refractivity contribution in [3.05, 3.63) is 101 Å². The van der Waals surface area contributed by atoms with Gasteiger partial charge in [0.15, 0.2) is 0 Å². The monoisotopic (exact) mass is 592 g/mol. The van der Waals surface area contributed by atoms with Crippen molar-refractivity contribution in [3.63, 3.8) is 0 Å². The van der Waals surface area contributed by atoms with Gasteiger partial charge in [0, 0.05) is 10.8 Å². The molecular weight excluding hydrogens is 562 g/mol. The molecule has 8 heteroatoms. The van der Waals surface area contributed by atoms with Crippen molar-refractivity contribution >= 4 is 21.8 Å². The first-order chi connectivity index (χ1) is 19.8. The van der Waals surface area contributed by atoms with Gasteiger partial charge in [0.1, 0.15) is 6.07 Å². The average Bonchev–Trinajstić information content (AvgIpc) is 3.23. The molecule has 0 unspecified atom stereocenters. The van der Waals surface area contributed by atoms with E-state index in [0.29, 0.717) is 17.8 Å². The van der Waals surface area contributed by atoms with Crippen LogP contribution in [0.4, 0.5) is 26.3 Å². The minimum atomic E-state index is -4.98. The SMILES string of the molecule is CC(C)(C)c1ccc2c(c1)c1cc(C(C)(C)C)ccc1n2-c1cc(-c2cc(C(F)(F)F)cc(C(F)(F)F)c2)ccc1C#N. The van der Waals surface area contributed by atoms with Gasteiger partial charge in [-0.05, 0) is 87.7 Å². The zero-order valence-electron chi connectivity index (χ0n) is 24.6. The number of hydrogen-bond acceptors (Lipinski definition) is 1. The third-order valence-electron chi connectivity index (χ3n) is 7.78. The van der Waals surface area contributed by atoms with Gasteiger partial charge < -0.3 is 4.57 Å². The predicted molar refractivity (Wildman–Crippen MR) is 158 cm³/mol. The summed E-state index contributed by atoms with van der Waals surface area (Å²) in [6.07, 6.45) is -9.96. The van der Waals surface area contributed by atoms with Gasteiger partial charge >= 0.3 is 12.4 Å². The van der Waals surface area contributed by atoms with Gasteiger partial charge in [-0.2, -0.15) is 31.6 Å². The van der Waals surface area contributed by atoms with Crippen LogP contribution in [0.25, 0.3) is 38.6 Å². The quantitative estimate of drug-likeness (QED) is 0.188. The van der Waals surface area contributed by atoms with Gasteiger partial charge in [-0.1, -0.05) is 59.7 Å². The molecule has 222 valence electrons. The standard InChI is InChI=1S/C35H30F6N2/c1-32(2,3)23-9-11-29-27(17-23)28-18-24(33(4,5)6)10-12-30(28)43(29)31-15-20(7-8-21(31)19-42)22-13-25(34(36,37)38)16-26(14-22)35(39,40)41/h7-18H,1-6H3. The van der Waals surface area contributed by atoms with Crippen molar-refractivity contribution in [1.29, 1.82) is 5.26 Å². The molecule has 0 aliphatic rings. The molecule has 43 heavy (non-hydrogen) atoms. The lowest BCUT2D eigenvalue weighted by atomic mass is 9.85. The summed E-state index contributed by atoms with van der Waals surface area (Å²) in [4.78, 5) is 0. The van der Waals surface area contributed by atoms with Gasteiger partial charge in [0.25, 0.3) is 0 Å². The third kappa shape index (κ3) is 5.61. The number of nitrogens with zero attached hydrogens (tertiary/aromatic N) is 2. The van der Waals surface area contributed by atoms with Crippen molar-refractivity contribution in [2.24, 2.45) is 0 Å². The maximum Gasteiger partial charge on any atom is 0.416 e. The Hall–Kier alpha value is -4.25. The van der Waals surface area contributed by atoms with E-state index < -0.39 is 23.5 Å². The molecule has 4 aromatic carbocycles. The van der Waals surface area contributed by atoms with Crippen LogP contribution in [0.3, 0.4) is 0 Å². The average molecular weight is 593 g/mol. The molecular formula is C35H30F6N2. The molecule has 1 aromatic heterocycles. The third-order valence-corrected chi connectivity index (χ3v) is 7.78. The van der Waals surface area contributed by atoms with Crippen LogP contribution in [-0.4, -0.2) is 4.57 Å². The predicted octanol–water partition coefficient (Wildman–Crippen LogP) is 11.0. The first-order valence-corrected chi connectivity index (χ1v) is 13.7. The van der Waals surface area contributed by atoms with Gasteiger partial charge in [-0.3, -0.25) is 0 Å². The number of halogens is 6. The molecule has 2 nitrogen and oxygen atoms in total. The van der Waals surface area contributed by atoms with Crippen molar-refractivity contribution in [3.8, 4) is 22.9 Å². The van der Waals surface area contributed by atoms with E-state index in [2.05, 4.69) is 59.7 Å². The van der Waals surface area contributed by atoms with Gasteiger partial charge in [0.2, 0.25) is 0 Å². The number of alkyl halides is 6. The van der Waals surface area contributed by atoms with Gasteiger partial charge in [-0.25, -0.2) is 0 Å². The number of rotatable bonds is 2. The molecule has 0 amide bonds. The first-order valence-electron chi connectivity index (χ1n) is 13.7. The van der Waals surface area contributed by atoms with Crippen LogP contribution in [0.15, 0.2) is 72.8 Å². The molecule has 0 saturated heterocycles. The highest BCUT2D eigenvalue weighted by atomic mass is 19.4. The minimum absolute atomic E-state index is 0.112. The fraction of sp³-hybridized carbons (Fsp3) is 0.286. The number of hydrogen-bond donors (Lipinski definition) is 0. The fourth-order valence-corrected chi connectivity index (χ4v) is 5.33. The minimum Gasteiger partial charge on any atom is -0.308 e. The number of benzene rings is 4. The molecule has 5 rings (SSSR count). The van der Waals surface area contributed by atoms with E-state index >= 15 is 0 Å². The number of fused-ring (bicyclic) bond motifs is 3. The van der Waals surface area contributed by atoms with Gasteiger partial charge in [0.05, 0.1) is 33.4 Å². The Labute approximate surface area is 246 Å². The molecule has 5 aromatic rings. The highest BCUT2D eigenvalue weighted by Gasteiger charge is 2.37. The van der Waals surface area contributed by atoms with Crippen LogP contribution in [0, 0.1) is 11.3 Å². The van der Waals surface area contributed by atoms with E-state index in [-0.39, 0.29) is 33.6 Å². The second-order valence-corrected chi connectivity index (χ2v) is 12.9. The van der Waals surface area contributed by atoms with Crippen LogP contribution in [0.1, 0.15) is 69.4 Å². The molecule has 0 fully saturated rings. The van der Waals surface area contributed by atoms with E-state index in [1.54, 1.807) is 0 Å². The van der Waals surface area contributed by atoms with E-state index in [4.69, 9.17) is 0 Å². The summed E-state index contributed by atoms with van der Waals surface area (Å²) < 4.78 is 83.7. The van der Waals surface area contributed by atoms with Crippen molar-refractivity contribution in [2.45, 2.75) is 64.7 Å². The second kappa shape index (κ2) is 9.90. The summed E-state index contributed by atoms with van der Waals surface area (Å²) in [5, 5.41) is 11.9. The molecule has 0 radical (unpaired) electrons. The zero-order valence-corrected chi connectivity index (χ0v) is 24.6. The number of aromatic nitrogens is 1. The highest BCUT2D eigenvalue weighted by Crippen LogP contribution is 2.41. The smallest absolute Gasteiger partial charge is 0.308 e. The Bertz CT molecular complexity index is 1820. The van der Waals surface area contributed by atoms with Crippen LogP contribution >= 0.6 is 0 Å². The maximum absolute atomic E-state index is 13.6. The largest absolute Gasteiger partial charge is 0.416 e. The summed E-state index contributed by atoms with van der Waals surface area (Å²) in [7, 11) is 0. The van der Waals surface area contributed by atoms with Crippen LogP contribution in [0.2, 0.25) is 0 Å². The molecule has 0 aliphatic carbocycles. The normalized spacial score (nSPS) is 13.1. The molecule has 0 bridgehead atoms. The summed E-state index contributed by atoms with van der Waals surface area (Å²) >= 11 is 0. The second-order valence-electron chi connectivity index (χ2n) is 12.9. The highest BCUT2D eigenvalue weighted by molar-refractivity contribution is 6.10. The zero-order chi connectivity index (χ0) is 31.7. The maximum atomic E-state index is 13.6. The summed E-state index contributed by atoms with van der Waals surface area (Å²) in [6.45, 7) is 12.6. The topological polar surface area (TPSA) is 28.7 Å².